The summed E-state index contributed by atoms with van der Waals surface area (Å²) in [5, 5.41) is 10.3. The number of carbonyl (C=O) groups is 1. The Balaban J connectivity index is 3.21. The van der Waals surface area contributed by atoms with Crippen LogP contribution in [0.15, 0.2) is 42.5 Å². The lowest BCUT2D eigenvalue weighted by atomic mass is 9.81. The van der Waals surface area contributed by atoms with Gasteiger partial charge in [-0.05, 0) is 33.3 Å². The highest BCUT2D eigenvalue weighted by Crippen LogP contribution is 2.36. The number of rotatable bonds is 4. The first-order valence-electron chi connectivity index (χ1n) is 5.85. The lowest BCUT2D eigenvalue weighted by Gasteiger charge is -2.40. The zero-order valence-electron chi connectivity index (χ0n) is 11.4. The van der Waals surface area contributed by atoms with Gasteiger partial charge in [0.05, 0.1) is 0 Å². The number of hydrogen-bond acceptors (Lipinski definition) is 3. The number of hydrogen-bond donors (Lipinski definition) is 1. The van der Waals surface area contributed by atoms with Crippen molar-refractivity contribution in [3.05, 3.63) is 48.0 Å². The Morgan fingerprint density at radius 3 is 2.11 bits per heavy atom. The van der Waals surface area contributed by atoms with E-state index in [-0.39, 0.29) is 0 Å². The van der Waals surface area contributed by atoms with Crippen molar-refractivity contribution < 1.29 is 14.6 Å². The molecule has 1 unspecified atom stereocenters. The first kappa shape index (κ1) is 14.5. The Hall–Kier alpha value is -1.61. The first-order chi connectivity index (χ1) is 8.18. The Kier molecular flexibility index (Phi) is 3.97. The highest BCUT2D eigenvalue weighted by atomic mass is 16.6. The monoisotopic (exact) mass is 248 g/mol. The Morgan fingerprint density at radius 2 is 1.72 bits per heavy atom. The molecule has 0 aromatic heterocycles. The fourth-order valence-electron chi connectivity index (χ4n) is 1.57. The van der Waals surface area contributed by atoms with Crippen LogP contribution in [0, 0.1) is 0 Å². The van der Waals surface area contributed by atoms with Gasteiger partial charge in [-0.25, -0.2) is 4.79 Å². The summed E-state index contributed by atoms with van der Waals surface area (Å²) in [5.74, 6) is -0.511. The number of carbonyl (C=O) groups excluding carboxylic acids is 1. The SMILES string of the molecule is C=C(C)C(=O)OC(C)(c1ccccc1)C(C)(C)O. The van der Waals surface area contributed by atoms with Gasteiger partial charge in [0.2, 0.25) is 0 Å². The second kappa shape index (κ2) is 4.94. The summed E-state index contributed by atoms with van der Waals surface area (Å²) in [6.07, 6.45) is 0. The van der Waals surface area contributed by atoms with Crippen molar-refractivity contribution in [3.8, 4) is 0 Å². The smallest absolute Gasteiger partial charge is 0.334 e. The molecular weight excluding hydrogens is 228 g/mol. The standard InChI is InChI=1S/C15H20O3/c1-11(2)13(16)18-15(5,14(3,4)17)12-9-7-6-8-10-12/h6-10,17H,1H2,2-5H3. The van der Waals surface area contributed by atoms with E-state index in [2.05, 4.69) is 6.58 Å². The van der Waals surface area contributed by atoms with Crippen LogP contribution < -0.4 is 0 Å². The summed E-state index contributed by atoms with van der Waals surface area (Å²) in [7, 11) is 0. The van der Waals surface area contributed by atoms with Crippen LogP contribution in [0.1, 0.15) is 33.3 Å². The van der Waals surface area contributed by atoms with Gasteiger partial charge in [-0.15, -0.1) is 0 Å². The normalized spacial score (nSPS) is 14.7. The van der Waals surface area contributed by atoms with Crippen molar-refractivity contribution in [3.63, 3.8) is 0 Å². The van der Waals surface area contributed by atoms with Crippen LogP contribution in [0.4, 0.5) is 0 Å². The zero-order valence-corrected chi connectivity index (χ0v) is 11.4. The average molecular weight is 248 g/mol. The molecule has 0 amide bonds. The quantitative estimate of drug-likeness (QED) is 0.658. The molecule has 3 heteroatoms. The molecule has 1 N–H and O–H groups in total. The van der Waals surface area contributed by atoms with E-state index in [0.717, 1.165) is 5.56 Å². The number of aliphatic hydroxyl groups is 1. The van der Waals surface area contributed by atoms with Crippen LogP contribution >= 0.6 is 0 Å². The molecule has 0 saturated heterocycles. The molecular formula is C15H20O3. The van der Waals surface area contributed by atoms with Crippen LogP contribution in [0.25, 0.3) is 0 Å². The maximum atomic E-state index is 11.7. The molecule has 3 nitrogen and oxygen atoms in total. The van der Waals surface area contributed by atoms with Gasteiger partial charge in [-0.2, -0.15) is 0 Å². The molecule has 0 radical (unpaired) electrons. The van der Waals surface area contributed by atoms with Gasteiger partial charge in [0, 0.05) is 5.57 Å². The maximum Gasteiger partial charge on any atom is 0.334 e. The molecule has 1 atom stereocenters. The zero-order chi connectivity index (χ0) is 14.0. The van der Waals surface area contributed by atoms with Crippen molar-refractivity contribution in [2.45, 2.75) is 38.9 Å². The van der Waals surface area contributed by atoms with Gasteiger partial charge in [-0.3, -0.25) is 0 Å². The second-order valence-corrected chi connectivity index (χ2v) is 5.13. The van der Waals surface area contributed by atoms with E-state index in [9.17, 15) is 9.90 Å². The van der Waals surface area contributed by atoms with Gasteiger partial charge in [-0.1, -0.05) is 36.9 Å². The molecule has 0 saturated carbocycles. The summed E-state index contributed by atoms with van der Waals surface area (Å²) < 4.78 is 5.46. The van der Waals surface area contributed by atoms with Crippen LogP contribution in [0.3, 0.4) is 0 Å². The largest absolute Gasteiger partial charge is 0.448 e. The molecule has 0 aliphatic heterocycles. The van der Waals surface area contributed by atoms with Gasteiger partial charge in [0.15, 0.2) is 5.60 Å². The molecule has 0 heterocycles. The Morgan fingerprint density at radius 1 is 1.22 bits per heavy atom. The summed E-state index contributed by atoms with van der Waals surface area (Å²) in [6, 6.07) is 9.20. The molecule has 1 aromatic rings. The number of esters is 1. The second-order valence-electron chi connectivity index (χ2n) is 5.13. The minimum Gasteiger partial charge on any atom is -0.448 e. The van der Waals surface area contributed by atoms with Gasteiger partial charge >= 0.3 is 5.97 Å². The van der Waals surface area contributed by atoms with Crippen molar-refractivity contribution in [1.29, 1.82) is 0 Å². The molecule has 1 aromatic carbocycles. The van der Waals surface area contributed by atoms with Crippen molar-refractivity contribution in [2.75, 3.05) is 0 Å². The molecule has 0 bridgehead atoms. The summed E-state index contributed by atoms with van der Waals surface area (Å²) >= 11 is 0. The minimum atomic E-state index is -1.21. The molecule has 0 fully saturated rings. The van der Waals surface area contributed by atoms with Gasteiger partial charge in [0.25, 0.3) is 0 Å². The maximum absolute atomic E-state index is 11.7. The molecule has 0 spiro atoms. The van der Waals surface area contributed by atoms with Crippen molar-refractivity contribution >= 4 is 5.97 Å². The third kappa shape index (κ3) is 2.79. The summed E-state index contributed by atoms with van der Waals surface area (Å²) in [6.45, 7) is 10.1. The number of ether oxygens (including phenoxy) is 1. The molecule has 1 rings (SSSR count). The number of benzene rings is 1. The molecule has 0 aliphatic carbocycles. The van der Waals surface area contributed by atoms with E-state index in [4.69, 9.17) is 4.74 Å². The molecule has 0 aliphatic rings. The molecule has 98 valence electrons. The summed E-state index contributed by atoms with van der Waals surface area (Å²) in [5.41, 5.74) is -1.28. The fourth-order valence-corrected chi connectivity index (χ4v) is 1.57. The van der Waals surface area contributed by atoms with Crippen molar-refractivity contribution in [2.24, 2.45) is 0 Å². The fraction of sp³-hybridized carbons (Fsp3) is 0.400. The van der Waals surface area contributed by atoms with Crippen LogP contribution in [-0.2, 0) is 15.1 Å². The predicted octanol–water partition coefficient (Wildman–Crippen LogP) is 2.79. The van der Waals surface area contributed by atoms with Crippen LogP contribution in [0.5, 0.6) is 0 Å². The predicted molar refractivity (Wildman–Crippen MR) is 71.0 cm³/mol. The molecule has 18 heavy (non-hydrogen) atoms. The van der Waals surface area contributed by atoms with Crippen molar-refractivity contribution in [1.82, 2.24) is 0 Å². The highest BCUT2D eigenvalue weighted by molar-refractivity contribution is 5.87. The average Bonchev–Trinajstić information content (AvgIpc) is 2.28. The summed E-state index contributed by atoms with van der Waals surface area (Å²) in [4.78, 5) is 11.7. The van der Waals surface area contributed by atoms with Gasteiger partial charge < -0.3 is 9.84 Å². The van der Waals surface area contributed by atoms with E-state index in [1.807, 2.05) is 30.3 Å². The Bertz CT molecular complexity index is 443. The van der Waals surface area contributed by atoms with Gasteiger partial charge in [0.1, 0.15) is 5.60 Å². The minimum absolute atomic E-state index is 0.307. The van der Waals surface area contributed by atoms with E-state index >= 15 is 0 Å². The third-order valence-electron chi connectivity index (χ3n) is 3.14. The first-order valence-corrected chi connectivity index (χ1v) is 5.85. The lowest BCUT2D eigenvalue weighted by Crippen LogP contribution is -2.48. The Labute approximate surface area is 108 Å². The van der Waals surface area contributed by atoms with Crippen LogP contribution in [0.2, 0.25) is 0 Å². The van der Waals surface area contributed by atoms with Crippen LogP contribution in [-0.4, -0.2) is 16.7 Å². The van der Waals surface area contributed by atoms with E-state index in [1.54, 1.807) is 27.7 Å². The highest BCUT2D eigenvalue weighted by Gasteiger charge is 2.44. The topological polar surface area (TPSA) is 46.5 Å². The van der Waals surface area contributed by atoms with E-state index < -0.39 is 17.2 Å². The van der Waals surface area contributed by atoms with E-state index in [0.29, 0.717) is 5.57 Å². The lowest BCUT2D eigenvalue weighted by molar-refractivity contribution is -0.184. The van der Waals surface area contributed by atoms with E-state index in [1.165, 1.54) is 0 Å². The third-order valence-corrected chi connectivity index (χ3v) is 3.14.